The largest absolute Gasteiger partial charge is 0.450 e. The number of rotatable bonds is 5. The van der Waals surface area contributed by atoms with Crippen LogP contribution in [0.4, 0.5) is 4.79 Å². The number of guanidine groups is 1. The second-order valence-electron chi connectivity index (χ2n) is 6.67. The van der Waals surface area contributed by atoms with Crippen LogP contribution in [0, 0.1) is 0 Å². The summed E-state index contributed by atoms with van der Waals surface area (Å²) < 4.78 is 5.03. The summed E-state index contributed by atoms with van der Waals surface area (Å²) >= 11 is 1.74. The van der Waals surface area contributed by atoms with E-state index < -0.39 is 0 Å². The van der Waals surface area contributed by atoms with Gasteiger partial charge in [-0.15, -0.1) is 35.3 Å². The van der Waals surface area contributed by atoms with Crippen LogP contribution in [0.1, 0.15) is 38.5 Å². The van der Waals surface area contributed by atoms with Crippen LogP contribution in [0.15, 0.2) is 22.5 Å². The number of hydrogen-bond donors (Lipinski definition) is 2. The number of carbonyl (C=O) groups is 1. The standard InChI is InChI=1S/C17H28N4O2S.HI/c1-4-23-16(22)21-9-7-13(8-10-21)20-15(18)19-12-17(2,3)14-6-5-11-24-14;/h5-6,11,13H,4,7-10,12H2,1-3H3,(H3,18,19,20);1H. The molecule has 1 aromatic heterocycles. The highest BCUT2D eigenvalue weighted by molar-refractivity contribution is 14.0. The Hall–Kier alpha value is -1.03. The monoisotopic (exact) mass is 480 g/mol. The summed E-state index contributed by atoms with van der Waals surface area (Å²) in [7, 11) is 0. The molecular formula is C17H29IN4O2S. The van der Waals surface area contributed by atoms with Crippen LogP contribution in [0.3, 0.4) is 0 Å². The first-order valence-corrected chi connectivity index (χ1v) is 9.32. The van der Waals surface area contributed by atoms with Crippen molar-refractivity contribution >= 4 is 47.4 Å². The molecule has 8 heteroatoms. The number of piperidine rings is 1. The van der Waals surface area contributed by atoms with Gasteiger partial charge in [-0.3, -0.25) is 4.99 Å². The van der Waals surface area contributed by atoms with Gasteiger partial charge in [0, 0.05) is 29.4 Å². The molecule has 6 nitrogen and oxygen atoms in total. The van der Waals surface area contributed by atoms with Gasteiger partial charge in [0.15, 0.2) is 5.96 Å². The fourth-order valence-corrected chi connectivity index (χ4v) is 3.54. The van der Waals surface area contributed by atoms with Crippen molar-refractivity contribution in [2.24, 2.45) is 10.7 Å². The van der Waals surface area contributed by atoms with Crippen molar-refractivity contribution in [1.82, 2.24) is 10.2 Å². The maximum absolute atomic E-state index is 11.7. The predicted octanol–water partition coefficient (Wildman–Crippen LogP) is 3.17. The summed E-state index contributed by atoms with van der Waals surface area (Å²) in [6.45, 7) is 8.60. The van der Waals surface area contributed by atoms with E-state index in [1.54, 1.807) is 16.2 Å². The average Bonchev–Trinajstić information content (AvgIpc) is 3.09. The summed E-state index contributed by atoms with van der Waals surface area (Å²) in [6, 6.07) is 4.45. The first-order chi connectivity index (χ1) is 11.4. The molecule has 1 fully saturated rings. The Morgan fingerprint density at radius 2 is 2.16 bits per heavy atom. The van der Waals surface area contributed by atoms with Crippen LogP contribution in [0.25, 0.3) is 0 Å². The Kier molecular flexibility index (Phi) is 8.98. The van der Waals surface area contributed by atoms with Crippen LogP contribution in [0.5, 0.6) is 0 Å². The zero-order chi connectivity index (χ0) is 17.6. The lowest BCUT2D eigenvalue weighted by molar-refractivity contribution is 0.0963. The molecule has 0 atom stereocenters. The summed E-state index contributed by atoms with van der Waals surface area (Å²) in [4.78, 5) is 19.3. The molecule has 1 aliphatic heterocycles. The van der Waals surface area contributed by atoms with E-state index in [2.05, 4.69) is 41.7 Å². The van der Waals surface area contributed by atoms with E-state index in [4.69, 9.17) is 10.5 Å². The molecule has 2 rings (SSSR count). The van der Waals surface area contributed by atoms with Gasteiger partial charge in [-0.2, -0.15) is 0 Å². The van der Waals surface area contributed by atoms with Crippen LogP contribution in [-0.4, -0.2) is 49.2 Å². The van der Waals surface area contributed by atoms with Gasteiger partial charge < -0.3 is 20.7 Å². The van der Waals surface area contributed by atoms with E-state index in [1.807, 2.05) is 6.92 Å². The van der Waals surface area contributed by atoms with Crippen molar-refractivity contribution in [2.45, 2.75) is 45.1 Å². The molecule has 0 aromatic carbocycles. The zero-order valence-corrected chi connectivity index (χ0v) is 18.3. The minimum atomic E-state index is -0.227. The van der Waals surface area contributed by atoms with E-state index in [0.717, 1.165) is 12.8 Å². The molecule has 0 unspecified atom stereocenters. The number of nitrogens with zero attached hydrogens (tertiary/aromatic N) is 2. The number of carbonyl (C=O) groups excluding carboxylic acids is 1. The number of nitrogens with two attached hydrogens (primary N) is 1. The fraction of sp³-hybridized carbons (Fsp3) is 0.647. The second kappa shape index (κ2) is 10.2. The minimum Gasteiger partial charge on any atom is -0.450 e. The Balaban J connectivity index is 0.00000312. The molecule has 25 heavy (non-hydrogen) atoms. The summed E-state index contributed by atoms with van der Waals surface area (Å²) in [6.07, 6.45) is 1.47. The Bertz CT molecular complexity index is 555. The van der Waals surface area contributed by atoms with Crippen LogP contribution in [0.2, 0.25) is 0 Å². The lowest BCUT2D eigenvalue weighted by atomic mass is 9.92. The molecule has 1 amide bonds. The van der Waals surface area contributed by atoms with Crippen molar-refractivity contribution in [3.8, 4) is 0 Å². The number of amides is 1. The fourth-order valence-electron chi connectivity index (χ4n) is 2.70. The van der Waals surface area contributed by atoms with Crippen molar-refractivity contribution < 1.29 is 9.53 Å². The molecule has 1 aromatic rings. The number of halogens is 1. The SMILES string of the molecule is CCOC(=O)N1CCC(NC(N)=NCC(C)(C)c2cccs2)CC1.I. The molecule has 142 valence electrons. The summed E-state index contributed by atoms with van der Waals surface area (Å²) in [5.41, 5.74) is 6.02. The summed E-state index contributed by atoms with van der Waals surface area (Å²) in [5, 5.41) is 5.36. The Morgan fingerprint density at radius 3 is 2.72 bits per heavy atom. The van der Waals surface area contributed by atoms with Gasteiger partial charge in [-0.05, 0) is 31.2 Å². The number of ether oxygens (including phenoxy) is 1. The van der Waals surface area contributed by atoms with Gasteiger partial charge in [0.25, 0.3) is 0 Å². The van der Waals surface area contributed by atoms with Crippen molar-refractivity contribution in [1.29, 1.82) is 0 Å². The highest BCUT2D eigenvalue weighted by atomic mass is 127. The molecule has 2 heterocycles. The number of hydrogen-bond acceptors (Lipinski definition) is 4. The Morgan fingerprint density at radius 1 is 1.48 bits per heavy atom. The second-order valence-corrected chi connectivity index (χ2v) is 7.61. The number of aliphatic imine (C=N–C) groups is 1. The normalized spacial score (nSPS) is 16.3. The van der Waals surface area contributed by atoms with Gasteiger partial charge in [0.1, 0.15) is 0 Å². The summed E-state index contributed by atoms with van der Waals surface area (Å²) in [5.74, 6) is 0.481. The van der Waals surface area contributed by atoms with Crippen LogP contribution >= 0.6 is 35.3 Å². The van der Waals surface area contributed by atoms with Crippen LogP contribution in [-0.2, 0) is 10.2 Å². The first-order valence-electron chi connectivity index (χ1n) is 8.44. The van der Waals surface area contributed by atoms with E-state index in [9.17, 15) is 4.79 Å². The third-order valence-corrected chi connectivity index (χ3v) is 5.44. The maximum Gasteiger partial charge on any atom is 0.409 e. The lowest BCUT2D eigenvalue weighted by Gasteiger charge is -2.32. The average molecular weight is 480 g/mol. The highest BCUT2D eigenvalue weighted by Crippen LogP contribution is 2.27. The quantitative estimate of drug-likeness (QED) is 0.386. The number of nitrogens with one attached hydrogen (secondary N) is 1. The molecule has 3 N–H and O–H groups in total. The van der Waals surface area contributed by atoms with Crippen molar-refractivity contribution in [3.63, 3.8) is 0 Å². The molecule has 0 radical (unpaired) electrons. The molecule has 1 saturated heterocycles. The van der Waals surface area contributed by atoms with E-state index >= 15 is 0 Å². The molecule has 0 aliphatic carbocycles. The van der Waals surface area contributed by atoms with Gasteiger partial charge >= 0.3 is 6.09 Å². The number of likely N-dealkylation sites (tertiary alicyclic amines) is 1. The van der Waals surface area contributed by atoms with E-state index in [-0.39, 0.29) is 41.5 Å². The smallest absolute Gasteiger partial charge is 0.409 e. The maximum atomic E-state index is 11.7. The minimum absolute atomic E-state index is 0. The lowest BCUT2D eigenvalue weighted by Crippen LogP contribution is -2.48. The predicted molar refractivity (Wildman–Crippen MR) is 114 cm³/mol. The van der Waals surface area contributed by atoms with Crippen LogP contribution < -0.4 is 11.1 Å². The van der Waals surface area contributed by atoms with Gasteiger partial charge in [0.2, 0.25) is 0 Å². The van der Waals surface area contributed by atoms with Gasteiger partial charge in [-0.25, -0.2) is 4.79 Å². The zero-order valence-electron chi connectivity index (χ0n) is 15.2. The number of thiophene rings is 1. The topological polar surface area (TPSA) is 80.0 Å². The van der Waals surface area contributed by atoms with Gasteiger partial charge in [0.05, 0.1) is 13.2 Å². The molecule has 0 bridgehead atoms. The first kappa shape index (κ1) is 22.0. The Labute approximate surface area is 171 Å². The molecular weight excluding hydrogens is 451 g/mol. The highest BCUT2D eigenvalue weighted by Gasteiger charge is 2.24. The molecule has 0 saturated carbocycles. The molecule has 1 aliphatic rings. The molecule has 0 spiro atoms. The van der Waals surface area contributed by atoms with Crippen molar-refractivity contribution in [3.05, 3.63) is 22.4 Å². The van der Waals surface area contributed by atoms with Gasteiger partial charge in [-0.1, -0.05) is 19.9 Å². The third-order valence-electron chi connectivity index (χ3n) is 4.21. The van der Waals surface area contributed by atoms with E-state index in [1.165, 1.54) is 4.88 Å². The van der Waals surface area contributed by atoms with Crippen molar-refractivity contribution in [2.75, 3.05) is 26.2 Å². The van der Waals surface area contributed by atoms with E-state index in [0.29, 0.717) is 32.2 Å². The third kappa shape index (κ3) is 6.65.